The van der Waals surface area contributed by atoms with Crippen molar-refractivity contribution < 1.29 is 14.3 Å². The van der Waals surface area contributed by atoms with E-state index in [1.807, 2.05) is 48.5 Å². The number of hydrogen-bond acceptors (Lipinski definition) is 4. The van der Waals surface area contributed by atoms with E-state index in [1.165, 1.54) is 25.8 Å². The lowest BCUT2D eigenvalue weighted by atomic mass is 9.73. The number of benzene rings is 2. The van der Waals surface area contributed by atoms with Gasteiger partial charge in [-0.05, 0) is 81.5 Å². The van der Waals surface area contributed by atoms with Crippen molar-refractivity contribution in [3.8, 4) is 5.75 Å². The number of ether oxygens (including phenoxy) is 2. The summed E-state index contributed by atoms with van der Waals surface area (Å²) in [4.78, 5) is 16.0. The molecule has 0 radical (unpaired) electrons. The molecule has 2 aliphatic rings. The summed E-state index contributed by atoms with van der Waals surface area (Å²) in [6.07, 6.45) is 6.20. The minimum Gasteiger partial charge on any atom is -0.494 e. The first-order valence-electron chi connectivity index (χ1n) is 12.2. The molecule has 1 amide bonds. The molecule has 2 fully saturated rings. The predicted molar refractivity (Wildman–Crippen MR) is 133 cm³/mol. The van der Waals surface area contributed by atoms with Gasteiger partial charge in [-0.1, -0.05) is 36.2 Å². The van der Waals surface area contributed by atoms with Crippen molar-refractivity contribution >= 4 is 23.2 Å². The normalized spacial score (nSPS) is 20.8. The highest BCUT2D eigenvalue weighted by atomic mass is 35.5. The van der Waals surface area contributed by atoms with Crippen molar-refractivity contribution in [1.82, 2.24) is 4.90 Å². The van der Waals surface area contributed by atoms with Gasteiger partial charge in [0.2, 0.25) is 5.91 Å². The Morgan fingerprint density at radius 2 is 1.91 bits per heavy atom. The molecule has 0 saturated carbocycles. The predicted octanol–water partition coefficient (Wildman–Crippen LogP) is 5.67. The number of amides is 1. The van der Waals surface area contributed by atoms with Crippen LogP contribution in [-0.2, 0) is 14.9 Å². The van der Waals surface area contributed by atoms with E-state index in [9.17, 15) is 4.79 Å². The van der Waals surface area contributed by atoms with Crippen molar-refractivity contribution in [2.75, 3.05) is 38.2 Å². The van der Waals surface area contributed by atoms with Crippen molar-refractivity contribution in [1.29, 1.82) is 0 Å². The SMILES string of the molecule is CC1CCCCN1CCCOc1ccc(NC(=O)C2(c3ccccc3Cl)CCOCC2)cc1. The van der Waals surface area contributed by atoms with Gasteiger partial charge in [-0.3, -0.25) is 4.79 Å². The third-order valence-corrected chi connectivity index (χ3v) is 7.41. The zero-order valence-corrected chi connectivity index (χ0v) is 20.3. The summed E-state index contributed by atoms with van der Waals surface area (Å²) in [6, 6.07) is 16.0. The number of likely N-dealkylation sites (tertiary alicyclic amines) is 1. The van der Waals surface area contributed by atoms with Crippen LogP contribution in [0.3, 0.4) is 0 Å². The highest BCUT2D eigenvalue weighted by Gasteiger charge is 2.43. The molecule has 0 bridgehead atoms. The molecule has 33 heavy (non-hydrogen) atoms. The molecule has 0 aromatic heterocycles. The molecule has 1 atom stereocenters. The van der Waals surface area contributed by atoms with Crippen molar-refractivity contribution in [2.24, 2.45) is 0 Å². The Bertz CT molecular complexity index is 912. The summed E-state index contributed by atoms with van der Waals surface area (Å²) >= 11 is 6.49. The van der Waals surface area contributed by atoms with Gasteiger partial charge in [0, 0.05) is 36.5 Å². The molecule has 2 saturated heterocycles. The summed E-state index contributed by atoms with van der Waals surface area (Å²) in [5, 5.41) is 3.73. The summed E-state index contributed by atoms with van der Waals surface area (Å²) in [5.74, 6) is 0.787. The Kier molecular flexibility index (Phi) is 8.29. The molecule has 4 rings (SSSR count). The Morgan fingerprint density at radius 1 is 1.15 bits per heavy atom. The summed E-state index contributed by atoms with van der Waals surface area (Å²) < 4.78 is 11.5. The highest BCUT2D eigenvalue weighted by molar-refractivity contribution is 6.31. The molecule has 5 nitrogen and oxygen atoms in total. The van der Waals surface area contributed by atoms with Crippen LogP contribution in [0.5, 0.6) is 5.75 Å². The van der Waals surface area contributed by atoms with Gasteiger partial charge in [-0.25, -0.2) is 0 Å². The Morgan fingerprint density at radius 3 is 2.64 bits per heavy atom. The van der Waals surface area contributed by atoms with E-state index in [0.717, 1.165) is 30.0 Å². The van der Waals surface area contributed by atoms with Gasteiger partial charge in [-0.15, -0.1) is 0 Å². The van der Waals surface area contributed by atoms with Crippen LogP contribution in [0.4, 0.5) is 5.69 Å². The average molecular weight is 471 g/mol. The number of piperidine rings is 1. The number of carbonyl (C=O) groups excluding carboxylic acids is 1. The van der Waals surface area contributed by atoms with Crippen molar-refractivity contribution in [3.05, 3.63) is 59.1 Å². The fourth-order valence-corrected chi connectivity index (χ4v) is 5.34. The first kappa shape index (κ1) is 24.1. The number of hydrogen-bond donors (Lipinski definition) is 1. The largest absolute Gasteiger partial charge is 0.494 e. The number of nitrogens with one attached hydrogen (secondary N) is 1. The van der Waals surface area contributed by atoms with Gasteiger partial charge >= 0.3 is 0 Å². The number of rotatable bonds is 8. The second-order valence-corrected chi connectivity index (χ2v) is 9.64. The fraction of sp³-hybridized carbons (Fsp3) is 0.519. The van der Waals surface area contributed by atoms with Crippen LogP contribution in [0.15, 0.2) is 48.5 Å². The van der Waals surface area contributed by atoms with Gasteiger partial charge in [0.1, 0.15) is 5.75 Å². The summed E-state index contributed by atoms with van der Waals surface area (Å²) in [7, 11) is 0. The van der Waals surface area contributed by atoms with Crippen LogP contribution >= 0.6 is 11.6 Å². The van der Waals surface area contributed by atoms with Crippen LogP contribution in [0.25, 0.3) is 0 Å². The maximum absolute atomic E-state index is 13.5. The van der Waals surface area contributed by atoms with E-state index >= 15 is 0 Å². The van der Waals surface area contributed by atoms with Crippen LogP contribution in [0.2, 0.25) is 5.02 Å². The Labute approximate surface area is 202 Å². The first-order valence-corrected chi connectivity index (χ1v) is 12.6. The van der Waals surface area contributed by atoms with Crippen LogP contribution in [0, 0.1) is 0 Å². The van der Waals surface area contributed by atoms with Crippen molar-refractivity contribution in [3.63, 3.8) is 0 Å². The topological polar surface area (TPSA) is 50.8 Å². The highest BCUT2D eigenvalue weighted by Crippen LogP contribution is 2.39. The standard InChI is InChI=1S/C27H35ClN2O3/c1-21-7-4-5-16-30(21)17-6-18-33-23-12-10-22(11-13-23)29-26(31)27(14-19-32-20-15-27)24-8-2-3-9-25(24)28/h2-3,8-13,21H,4-7,14-20H2,1H3,(H,29,31). The number of anilines is 1. The molecule has 1 N–H and O–H groups in total. The van der Waals surface area contributed by atoms with Gasteiger partial charge in [-0.2, -0.15) is 0 Å². The lowest BCUT2D eigenvalue weighted by molar-refractivity contribution is -0.125. The van der Waals surface area contributed by atoms with E-state index < -0.39 is 5.41 Å². The molecule has 0 spiro atoms. The van der Waals surface area contributed by atoms with Crippen LogP contribution in [-0.4, -0.2) is 49.8 Å². The number of halogens is 1. The monoisotopic (exact) mass is 470 g/mol. The zero-order valence-electron chi connectivity index (χ0n) is 19.5. The lowest BCUT2D eigenvalue weighted by Gasteiger charge is -2.36. The third-order valence-electron chi connectivity index (χ3n) is 7.08. The van der Waals surface area contributed by atoms with Gasteiger partial charge in [0.15, 0.2) is 0 Å². The van der Waals surface area contributed by atoms with E-state index in [1.54, 1.807) is 0 Å². The van der Waals surface area contributed by atoms with Crippen LogP contribution < -0.4 is 10.1 Å². The van der Waals surface area contributed by atoms with Gasteiger partial charge < -0.3 is 19.7 Å². The van der Waals surface area contributed by atoms with Crippen molar-refractivity contribution in [2.45, 2.75) is 56.9 Å². The Hall–Kier alpha value is -2.08. The van der Waals surface area contributed by atoms with E-state index in [4.69, 9.17) is 21.1 Å². The molecular formula is C27H35ClN2O3. The maximum atomic E-state index is 13.5. The van der Waals surface area contributed by atoms with E-state index in [0.29, 0.717) is 43.7 Å². The van der Waals surface area contributed by atoms with Gasteiger partial charge in [0.25, 0.3) is 0 Å². The van der Waals surface area contributed by atoms with E-state index in [2.05, 4.69) is 17.1 Å². The van der Waals surface area contributed by atoms with E-state index in [-0.39, 0.29) is 5.91 Å². The minimum atomic E-state index is -0.683. The second kappa shape index (κ2) is 11.4. The third kappa shape index (κ3) is 5.89. The summed E-state index contributed by atoms with van der Waals surface area (Å²) in [6.45, 7) is 6.40. The molecule has 2 aromatic rings. The van der Waals surface area contributed by atoms with Gasteiger partial charge in [0.05, 0.1) is 12.0 Å². The number of carbonyl (C=O) groups is 1. The second-order valence-electron chi connectivity index (χ2n) is 9.24. The molecule has 1 unspecified atom stereocenters. The number of nitrogens with zero attached hydrogens (tertiary/aromatic N) is 1. The molecule has 2 aliphatic heterocycles. The minimum absolute atomic E-state index is 0.0387. The maximum Gasteiger partial charge on any atom is 0.235 e. The molecule has 2 aromatic carbocycles. The Balaban J connectivity index is 1.33. The zero-order chi connectivity index (χ0) is 23.1. The quantitative estimate of drug-likeness (QED) is 0.505. The molecule has 178 valence electrons. The smallest absolute Gasteiger partial charge is 0.235 e. The lowest BCUT2D eigenvalue weighted by Crippen LogP contribution is -2.45. The summed E-state index contributed by atoms with van der Waals surface area (Å²) in [5.41, 5.74) is 0.944. The molecule has 2 heterocycles. The molecule has 0 aliphatic carbocycles. The fourth-order valence-electron chi connectivity index (χ4n) is 5.02. The average Bonchev–Trinajstić information content (AvgIpc) is 2.84. The molecule has 6 heteroatoms. The molecular weight excluding hydrogens is 436 g/mol. The van der Waals surface area contributed by atoms with Crippen LogP contribution in [0.1, 0.15) is 51.0 Å². The first-order chi connectivity index (χ1) is 16.1.